The van der Waals surface area contributed by atoms with Crippen LogP contribution in [0.25, 0.3) is 21.9 Å². The molecule has 4 aromatic carbocycles. The topological polar surface area (TPSA) is 40.6 Å². The van der Waals surface area contributed by atoms with Gasteiger partial charge in [-0.15, -0.1) is 0 Å². The van der Waals surface area contributed by atoms with Crippen molar-refractivity contribution in [3.05, 3.63) is 102 Å². The number of nitrogens with zero attached hydrogens (tertiary/aromatic N) is 2. The molecule has 0 radical (unpaired) electrons. The Balaban J connectivity index is 1.26. The smallest absolute Gasteiger partial charge is 0.243 e. The highest BCUT2D eigenvalue weighted by Gasteiger charge is 2.36. The summed E-state index contributed by atoms with van der Waals surface area (Å²) in [5.41, 5.74) is 5.22. The zero-order valence-corrected chi connectivity index (χ0v) is 18.5. The van der Waals surface area contributed by atoms with Crippen molar-refractivity contribution in [2.24, 2.45) is 0 Å². The molecule has 1 fully saturated rings. The Morgan fingerprint density at radius 3 is 1.84 bits per heavy atom. The number of hydrogen-bond acceptors (Lipinski definition) is 3. The summed E-state index contributed by atoms with van der Waals surface area (Å²) in [6.07, 6.45) is 0. The van der Waals surface area contributed by atoms with Crippen LogP contribution in [-0.4, -0.2) is 43.8 Å². The predicted octanol–water partition coefficient (Wildman–Crippen LogP) is 4.92. The van der Waals surface area contributed by atoms with Crippen LogP contribution >= 0.6 is 0 Å². The second-order valence-corrected chi connectivity index (χ2v) is 10.5. The van der Waals surface area contributed by atoms with Crippen molar-refractivity contribution in [1.82, 2.24) is 9.21 Å². The lowest BCUT2D eigenvalue weighted by Gasteiger charge is -2.38. The zero-order chi connectivity index (χ0) is 21.7. The third kappa shape index (κ3) is 3.08. The summed E-state index contributed by atoms with van der Waals surface area (Å²) in [6.45, 7) is 2.41. The lowest BCUT2D eigenvalue weighted by molar-refractivity contribution is 0.158. The van der Waals surface area contributed by atoms with E-state index in [1.165, 1.54) is 22.3 Å². The van der Waals surface area contributed by atoms with Gasteiger partial charge in [0.15, 0.2) is 0 Å². The van der Waals surface area contributed by atoms with Gasteiger partial charge in [0.25, 0.3) is 0 Å². The van der Waals surface area contributed by atoms with E-state index in [4.69, 9.17) is 0 Å². The fourth-order valence-corrected chi connectivity index (χ4v) is 6.66. The molecule has 4 nitrogen and oxygen atoms in total. The van der Waals surface area contributed by atoms with Crippen molar-refractivity contribution >= 4 is 20.8 Å². The van der Waals surface area contributed by atoms with Gasteiger partial charge >= 0.3 is 0 Å². The molecule has 32 heavy (non-hydrogen) atoms. The van der Waals surface area contributed by atoms with Crippen molar-refractivity contribution in [3.8, 4) is 11.1 Å². The van der Waals surface area contributed by atoms with Crippen molar-refractivity contribution in [2.75, 3.05) is 26.2 Å². The first-order valence-electron chi connectivity index (χ1n) is 11.0. The molecule has 0 unspecified atom stereocenters. The standard InChI is InChI=1S/C27H24N2O2S/c30-32(31,22-14-13-20-7-1-2-8-21(20)19-22)29-17-15-28(16-18-29)27-25-11-5-3-9-23(25)24-10-4-6-12-26(24)27/h1-14,19,27H,15-18H2. The fraction of sp³-hybridized carbons (Fsp3) is 0.185. The maximum atomic E-state index is 13.4. The minimum Gasteiger partial charge on any atom is -0.290 e. The maximum absolute atomic E-state index is 13.4. The SMILES string of the molecule is O=S(=O)(c1ccc2ccccc2c1)N1CCN(C2c3ccccc3-c3ccccc32)CC1. The minimum atomic E-state index is -3.51. The van der Waals surface area contributed by atoms with Crippen LogP contribution in [0.15, 0.2) is 95.9 Å². The Bertz CT molecular complexity index is 1380. The van der Waals surface area contributed by atoms with Crippen molar-refractivity contribution < 1.29 is 8.42 Å². The Morgan fingerprint density at radius 1 is 0.625 bits per heavy atom. The molecule has 1 heterocycles. The van der Waals surface area contributed by atoms with E-state index >= 15 is 0 Å². The molecule has 4 aromatic rings. The Hall–Kier alpha value is -2.99. The molecule has 1 saturated heterocycles. The van der Waals surface area contributed by atoms with Crippen LogP contribution in [0.3, 0.4) is 0 Å². The molecular formula is C27H24N2O2S. The molecule has 0 saturated carbocycles. The van der Waals surface area contributed by atoms with Gasteiger partial charge in [-0.3, -0.25) is 4.90 Å². The first kappa shape index (κ1) is 19.7. The van der Waals surface area contributed by atoms with Crippen LogP contribution in [0.2, 0.25) is 0 Å². The van der Waals surface area contributed by atoms with Gasteiger partial charge in [-0.1, -0.05) is 78.9 Å². The predicted molar refractivity (Wildman–Crippen MR) is 128 cm³/mol. The van der Waals surface area contributed by atoms with Gasteiger partial charge in [0, 0.05) is 26.2 Å². The highest BCUT2D eigenvalue weighted by molar-refractivity contribution is 7.89. The van der Waals surface area contributed by atoms with Gasteiger partial charge < -0.3 is 0 Å². The van der Waals surface area contributed by atoms with E-state index in [1.54, 1.807) is 16.4 Å². The van der Waals surface area contributed by atoms with E-state index in [0.29, 0.717) is 31.1 Å². The average molecular weight is 441 g/mol. The van der Waals surface area contributed by atoms with Crippen molar-refractivity contribution in [3.63, 3.8) is 0 Å². The van der Waals surface area contributed by atoms with E-state index < -0.39 is 10.0 Å². The van der Waals surface area contributed by atoms with Crippen LogP contribution < -0.4 is 0 Å². The summed E-state index contributed by atoms with van der Waals surface area (Å²) in [6, 6.07) is 30.6. The lowest BCUT2D eigenvalue weighted by Crippen LogP contribution is -2.49. The van der Waals surface area contributed by atoms with Gasteiger partial charge in [-0.05, 0) is 45.2 Å². The van der Waals surface area contributed by atoms with E-state index in [1.807, 2.05) is 30.3 Å². The first-order chi connectivity index (χ1) is 15.6. The van der Waals surface area contributed by atoms with Crippen molar-refractivity contribution in [1.29, 1.82) is 0 Å². The van der Waals surface area contributed by atoms with Gasteiger partial charge in [-0.2, -0.15) is 4.31 Å². The summed E-state index contributed by atoms with van der Waals surface area (Å²) in [5.74, 6) is 0. The van der Waals surface area contributed by atoms with E-state index in [0.717, 1.165) is 10.8 Å². The molecule has 1 aliphatic carbocycles. The number of piperazine rings is 1. The first-order valence-corrected chi connectivity index (χ1v) is 12.5. The van der Waals surface area contributed by atoms with Gasteiger partial charge in [0.2, 0.25) is 10.0 Å². The molecule has 1 aliphatic heterocycles. The van der Waals surface area contributed by atoms with E-state index in [2.05, 4.69) is 53.4 Å². The van der Waals surface area contributed by atoms with Crippen LogP contribution in [0.5, 0.6) is 0 Å². The Labute approximate surface area is 188 Å². The summed E-state index contributed by atoms with van der Waals surface area (Å²) >= 11 is 0. The molecule has 160 valence electrons. The quantitative estimate of drug-likeness (QED) is 0.454. The van der Waals surface area contributed by atoms with E-state index in [-0.39, 0.29) is 6.04 Å². The molecule has 2 aliphatic rings. The lowest BCUT2D eigenvalue weighted by atomic mass is 10.0. The fourth-order valence-electron chi connectivity index (χ4n) is 5.20. The summed E-state index contributed by atoms with van der Waals surface area (Å²) < 4.78 is 28.4. The van der Waals surface area contributed by atoms with Crippen molar-refractivity contribution in [2.45, 2.75) is 10.9 Å². The molecule has 0 aromatic heterocycles. The van der Waals surface area contributed by atoms with Crippen LogP contribution in [-0.2, 0) is 10.0 Å². The number of sulfonamides is 1. The van der Waals surface area contributed by atoms with Gasteiger partial charge in [0.05, 0.1) is 10.9 Å². The molecule has 0 N–H and O–H groups in total. The molecule has 5 heteroatoms. The number of fused-ring (bicyclic) bond motifs is 4. The summed E-state index contributed by atoms with van der Waals surface area (Å²) in [7, 11) is -3.51. The Kier molecular flexibility index (Phi) is 4.65. The maximum Gasteiger partial charge on any atom is 0.243 e. The highest BCUT2D eigenvalue weighted by Crippen LogP contribution is 2.46. The molecule has 6 rings (SSSR count). The summed E-state index contributed by atoms with van der Waals surface area (Å²) in [5, 5.41) is 2.00. The van der Waals surface area contributed by atoms with Crippen LogP contribution in [0.1, 0.15) is 17.2 Å². The van der Waals surface area contributed by atoms with Gasteiger partial charge in [0.1, 0.15) is 0 Å². The molecule has 0 amide bonds. The zero-order valence-electron chi connectivity index (χ0n) is 17.7. The molecule has 0 bridgehead atoms. The normalized spacial score (nSPS) is 17.4. The third-order valence-corrected chi connectivity index (χ3v) is 8.69. The number of rotatable bonds is 3. The Morgan fingerprint density at radius 2 is 1.19 bits per heavy atom. The minimum absolute atomic E-state index is 0.188. The largest absolute Gasteiger partial charge is 0.290 e. The second kappa shape index (κ2) is 7.55. The second-order valence-electron chi connectivity index (χ2n) is 8.53. The number of benzene rings is 4. The van der Waals surface area contributed by atoms with Crippen LogP contribution in [0, 0.1) is 0 Å². The highest BCUT2D eigenvalue weighted by atomic mass is 32.2. The average Bonchev–Trinajstić information content (AvgIpc) is 3.18. The molecule has 0 spiro atoms. The van der Waals surface area contributed by atoms with Gasteiger partial charge in [-0.25, -0.2) is 8.42 Å². The number of hydrogen-bond donors (Lipinski definition) is 0. The van der Waals surface area contributed by atoms with Crippen LogP contribution in [0.4, 0.5) is 0 Å². The summed E-state index contributed by atoms with van der Waals surface area (Å²) in [4.78, 5) is 2.80. The molecular weight excluding hydrogens is 416 g/mol. The third-order valence-electron chi connectivity index (χ3n) is 6.80. The van der Waals surface area contributed by atoms with E-state index in [9.17, 15) is 8.42 Å². The molecule has 0 atom stereocenters. The monoisotopic (exact) mass is 440 g/mol.